The van der Waals surface area contributed by atoms with Gasteiger partial charge in [-0.15, -0.1) is 11.8 Å². The van der Waals surface area contributed by atoms with Crippen molar-refractivity contribution in [3.05, 3.63) is 5.32 Å². The van der Waals surface area contributed by atoms with Crippen molar-refractivity contribution in [3.63, 3.8) is 0 Å². The van der Waals surface area contributed by atoms with E-state index in [0.29, 0.717) is 0 Å². The maximum Gasteiger partial charge on any atom is 0.136 e. The Morgan fingerprint density at radius 3 is 2.47 bits per heavy atom. The molecular weight excluding hydrogens is 299 g/mol. The average molecular weight is 308 g/mol. The second kappa shape index (κ2) is 10.5. The maximum atomic E-state index is 11.6. The number of nitrogens with one attached hydrogen (secondary N) is 1. The van der Waals surface area contributed by atoms with E-state index in [1.165, 1.54) is 13.5 Å². The van der Waals surface area contributed by atoms with Crippen LogP contribution < -0.4 is 5.32 Å². The molecule has 1 rings (SSSR count). The number of carbonyl (C=O) groups is 2. The number of thioether (sulfide) groups is 1. The summed E-state index contributed by atoms with van der Waals surface area (Å²) in [5.41, 5.74) is 0. The minimum absolute atomic E-state index is 0. The predicted octanol–water partition coefficient (Wildman–Crippen LogP) is 0.116. The van der Waals surface area contributed by atoms with E-state index in [0.717, 1.165) is 11.8 Å². The number of carbonyl (C=O) groups excluding carboxylic acids is 3. The van der Waals surface area contributed by atoms with Crippen LogP contribution in [-0.2, 0) is 47.1 Å². The van der Waals surface area contributed by atoms with Crippen LogP contribution in [0.15, 0.2) is 0 Å². The van der Waals surface area contributed by atoms with E-state index in [-0.39, 0.29) is 39.1 Å². The largest absolute Gasteiger partial charge is 0.595 e. The number of alkyl halides is 1. The Kier molecular flexibility index (Phi) is 12.2. The van der Waals surface area contributed by atoms with Crippen LogP contribution in [0.1, 0.15) is 6.42 Å². The zero-order valence-electron chi connectivity index (χ0n) is 8.03. The molecule has 1 aliphatic heterocycles. The zero-order chi connectivity index (χ0) is 11.0. The van der Waals surface area contributed by atoms with Crippen LogP contribution in [0.4, 0.5) is 4.39 Å². The first-order valence-electron chi connectivity index (χ1n) is 3.65. The predicted molar refractivity (Wildman–Crippen MR) is 50.1 cm³/mol. The molecule has 1 aliphatic rings. The molecule has 0 bridgehead atoms. The summed E-state index contributed by atoms with van der Waals surface area (Å²) in [5.74, 6) is -0.927. The SMILES string of the molecule is CN[C-]=O.O=C1CC(SC[18F])C(=O)[N-]1.[Y]. The van der Waals surface area contributed by atoms with E-state index >= 15 is 0 Å². The summed E-state index contributed by atoms with van der Waals surface area (Å²) in [6.07, 6.45) is 1.49. The Labute approximate surface area is 116 Å². The summed E-state index contributed by atoms with van der Waals surface area (Å²) < 4.78 is 11.6. The molecule has 0 spiro atoms. The maximum absolute atomic E-state index is 11.6. The Hall–Kier alpha value is -0.00610. The number of imide groups is 1. The minimum atomic E-state index is -0.640. The molecule has 1 atom stereocenters. The Balaban J connectivity index is 0. The van der Waals surface area contributed by atoms with E-state index < -0.39 is 23.1 Å². The second-order valence-electron chi connectivity index (χ2n) is 2.16. The smallest absolute Gasteiger partial charge is 0.136 e. The topological polar surface area (TPSA) is 77.3 Å². The van der Waals surface area contributed by atoms with Gasteiger partial charge >= 0.3 is 0 Å². The minimum Gasteiger partial charge on any atom is -0.595 e. The van der Waals surface area contributed by atoms with Crippen molar-refractivity contribution in [2.75, 3.05) is 13.1 Å². The monoisotopic (exact) mass is 308 g/mol. The van der Waals surface area contributed by atoms with Gasteiger partial charge in [0, 0.05) is 39.1 Å². The first-order valence-corrected chi connectivity index (χ1v) is 4.70. The van der Waals surface area contributed by atoms with Crippen molar-refractivity contribution in [2.24, 2.45) is 0 Å². The molecule has 15 heavy (non-hydrogen) atoms. The van der Waals surface area contributed by atoms with Crippen molar-refractivity contribution in [3.8, 4) is 0 Å². The van der Waals surface area contributed by atoms with E-state index in [9.17, 15) is 14.0 Å². The van der Waals surface area contributed by atoms with Gasteiger partial charge in [-0.2, -0.15) is 6.41 Å². The molecule has 0 saturated carbocycles. The van der Waals surface area contributed by atoms with Crippen molar-refractivity contribution >= 4 is 30.0 Å². The molecule has 0 aliphatic carbocycles. The fourth-order valence-corrected chi connectivity index (χ4v) is 1.30. The molecule has 3 amide bonds. The van der Waals surface area contributed by atoms with Gasteiger partial charge in [-0.1, -0.05) is 0 Å². The molecule has 1 heterocycles. The summed E-state index contributed by atoms with van der Waals surface area (Å²) in [4.78, 5) is 30.0. The summed E-state index contributed by atoms with van der Waals surface area (Å²) in [6, 6.07) is -0.640. The third kappa shape index (κ3) is 7.87. The van der Waals surface area contributed by atoms with Gasteiger partial charge in [0.25, 0.3) is 0 Å². The summed E-state index contributed by atoms with van der Waals surface area (Å²) >= 11 is 0.820. The molecule has 83 valence electrons. The standard InChI is InChI=1S/C5H6FNO2S.C2H4NO.Y/c6-2-10-3-1-4(8)7-5(3)9;1-3-2-4;/h3H,1-2H2,(H,7,8,9);1H3,(H,3,4);/q;-1;/p-1/i6-1;;. The fourth-order valence-electron chi connectivity index (χ4n) is 0.693. The van der Waals surface area contributed by atoms with Crippen molar-refractivity contribution in [2.45, 2.75) is 11.7 Å². The van der Waals surface area contributed by atoms with Crippen LogP contribution in [-0.4, -0.2) is 36.5 Å². The number of nitrogens with zero attached hydrogens (tertiary/aromatic N) is 1. The van der Waals surface area contributed by atoms with E-state index in [4.69, 9.17) is 4.79 Å². The second-order valence-corrected chi connectivity index (χ2v) is 3.28. The van der Waals surface area contributed by atoms with Crippen molar-refractivity contribution < 1.29 is 51.5 Å². The average Bonchev–Trinajstić information content (AvgIpc) is 2.47. The first kappa shape index (κ1) is 17.4. The van der Waals surface area contributed by atoms with Crippen LogP contribution >= 0.6 is 11.8 Å². The molecule has 0 aromatic rings. The third-order valence-corrected chi connectivity index (χ3v) is 2.13. The van der Waals surface area contributed by atoms with Gasteiger partial charge in [0.05, 0.1) is 17.1 Å². The van der Waals surface area contributed by atoms with E-state index in [1.807, 2.05) is 0 Å². The summed E-state index contributed by atoms with van der Waals surface area (Å²) in [6.45, 7) is 0. The Bertz CT molecular complexity index is 230. The van der Waals surface area contributed by atoms with Gasteiger partial charge in [0.2, 0.25) is 0 Å². The molecule has 1 N–H and O–H groups in total. The number of hydrogen-bond donors (Lipinski definition) is 1. The molecule has 1 saturated heterocycles. The van der Waals surface area contributed by atoms with Gasteiger partial charge in [-0.25, -0.2) is 4.39 Å². The van der Waals surface area contributed by atoms with Crippen LogP contribution in [0, 0.1) is 0 Å². The van der Waals surface area contributed by atoms with Crippen molar-refractivity contribution in [1.29, 1.82) is 0 Å². The molecule has 0 aromatic heterocycles. The van der Waals surface area contributed by atoms with Crippen LogP contribution in [0.3, 0.4) is 0 Å². The molecule has 1 radical (unpaired) electrons. The number of rotatable bonds is 3. The molecule has 1 fully saturated rings. The zero-order valence-corrected chi connectivity index (χ0v) is 11.7. The van der Waals surface area contributed by atoms with Gasteiger partial charge in [-0.05, 0) is 7.05 Å². The van der Waals surface area contributed by atoms with Gasteiger partial charge in [0.1, 0.15) is 6.01 Å². The molecular formula is C7H9FN2O3SY-2. The Morgan fingerprint density at radius 1 is 1.67 bits per heavy atom. The first-order chi connectivity index (χ1) is 6.65. The van der Waals surface area contributed by atoms with Gasteiger partial charge in [0.15, 0.2) is 0 Å². The van der Waals surface area contributed by atoms with E-state index in [1.54, 1.807) is 0 Å². The van der Waals surface area contributed by atoms with Crippen LogP contribution in [0.5, 0.6) is 0 Å². The Morgan fingerprint density at radius 2 is 2.20 bits per heavy atom. The van der Waals surface area contributed by atoms with Gasteiger partial charge < -0.3 is 25.0 Å². The van der Waals surface area contributed by atoms with Crippen LogP contribution in [0.2, 0.25) is 0 Å². The van der Waals surface area contributed by atoms with Crippen LogP contribution in [0.25, 0.3) is 5.32 Å². The number of halogens is 1. The quantitative estimate of drug-likeness (QED) is 0.456. The number of amides is 3. The third-order valence-electron chi connectivity index (χ3n) is 1.24. The van der Waals surface area contributed by atoms with Gasteiger partial charge in [-0.3, -0.25) is 0 Å². The summed E-state index contributed by atoms with van der Waals surface area (Å²) in [7, 11) is 1.51. The fraction of sp³-hybridized carbons (Fsp3) is 0.571. The summed E-state index contributed by atoms with van der Waals surface area (Å²) in [5, 5.41) is 4.69. The normalized spacial score (nSPS) is 18.1. The molecule has 8 heteroatoms. The molecule has 5 nitrogen and oxygen atoms in total. The number of hydrogen-bond acceptors (Lipinski definition) is 4. The molecule has 1 unspecified atom stereocenters. The van der Waals surface area contributed by atoms with Crippen molar-refractivity contribution in [1.82, 2.24) is 5.32 Å². The molecule has 0 aromatic carbocycles. The van der Waals surface area contributed by atoms with E-state index in [2.05, 4.69) is 10.6 Å².